The molecule has 3 heteroatoms. The summed E-state index contributed by atoms with van der Waals surface area (Å²) in [4.78, 5) is 15.3. The zero-order chi connectivity index (χ0) is 13.9. The molecule has 0 radical (unpaired) electrons. The van der Waals surface area contributed by atoms with Gasteiger partial charge in [-0.05, 0) is 29.8 Å². The van der Waals surface area contributed by atoms with Crippen molar-refractivity contribution in [1.29, 1.82) is 0 Å². The fourth-order valence-corrected chi connectivity index (χ4v) is 2.22. The minimum atomic E-state index is 0.678. The average Bonchev–Trinajstić information content (AvgIpc) is 2.82. The number of hydrogen-bond acceptors (Lipinski definition) is 2. The van der Waals surface area contributed by atoms with Gasteiger partial charge in [0.25, 0.3) is 0 Å². The van der Waals surface area contributed by atoms with Gasteiger partial charge in [0, 0.05) is 12.6 Å². The molecule has 3 nitrogen and oxygen atoms in total. The number of aromatic nitrogens is 2. The normalized spacial score (nSPS) is 11.2. The highest BCUT2D eigenvalue weighted by Crippen LogP contribution is 2.16. The summed E-state index contributed by atoms with van der Waals surface area (Å²) in [6, 6.07) is 15.5. The first-order valence-corrected chi connectivity index (χ1v) is 6.43. The number of para-hydroxylation sites is 2. The standard InChI is InChI=1S/C17H14N2O/c1-19-16-8-3-2-7-15(16)18-17(19)10-9-13-5-4-6-14(11-13)12-20/h2-12H,1H3. The van der Waals surface area contributed by atoms with Crippen molar-refractivity contribution in [3.05, 3.63) is 65.5 Å². The van der Waals surface area contributed by atoms with Crippen LogP contribution in [0.3, 0.4) is 0 Å². The third kappa shape index (κ3) is 2.26. The van der Waals surface area contributed by atoms with Gasteiger partial charge in [-0.15, -0.1) is 0 Å². The number of carbonyl (C=O) groups is 1. The van der Waals surface area contributed by atoms with Crippen molar-refractivity contribution < 1.29 is 4.79 Å². The number of fused-ring (bicyclic) bond motifs is 1. The Morgan fingerprint density at radius 1 is 1.00 bits per heavy atom. The van der Waals surface area contributed by atoms with Crippen molar-refractivity contribution in [3.63, 3.8) is 0 Å². The first kappa shape index (κ1) is 12.4. The molecule has 3 rings (SSSR count). The van der Waals surface area contributed by atoms with E-state index in [1.165, 1.54) is 0 Å². The third-order valence-electron chi connectivity index (χ3n) is 3.29. The number of benzene rings is 2. The summed E-state index contributed by atoms with van der Waals surface area (Å²) in [5.74, 6) is 0.891. The van der Waals surface area contributed by atoms with E-state index in [9.17, 15) is 4.79 Å². The second-order valence-electron chi connectivity index (χ2n) is 4.64. The molecule has 0 amide bonds. The molecule has 0 unspecified atom stereocenters. The highest BCUT2D eigenvalue weighted by molar-refractivity contribution is 5.81. The summed E-state index contributed by atoms with van der Waals surface area (Å²) in [6.45, 7) is 0. The third-order valence-corrected chi connectivity index (χ3v) is 3.29. The molecule has 0 atom stereocenters. The van der Waals surface area contributed by atoms with E-state index < -0.39 is 0 Å². The molecule has 1 aromatic heterocycles. The molecule has 0 aliphatic heterocycles. The van der Waals surface area contributed by atoms with Crippen molar-refractivity contribution >= 4 is 29.5 Å². The van der Waals surface area contributed by atoms with Crippen LogP contribution < -0.4 is 0 Å². The lowest BCUT2D eigenvalue weighted by atomic mass is 10.1. The van der Waals surface area contributed by atoms with Crippen LogP contribution in [-0.4, -0.2) is 15.8 Å². The average molecular weight is 262 g/mol. The molecule has 0 saturated carbocycles. The lowest BCUT2D eigenvalue weighted by molar-refractivity contribution is 0.112. The van der Waals surface area contributed by atoms with Gasteiger partial charge >= 0.3 is 0 Å². The van der Waals surface area contributed by atoms with E-state index in [0.717, 1.165) is 28.7 Å². The molecule has 0 fully saturated rings. The van der Waals surface area contributed by atoms with Crippen LogP contribution in [0, 0.1) is 0 Å². The predicted octanol–water partition coefficient (Wildman–Crippen LogP) is 3.56. The Hall–Kier alpha value is -2.68. The number of carbonyl (C=O) groups excluding carboxylic acids is 1. The Kier molecular flexibility index (Phi) is 3.17. The second-order valence-corrected chi connectivity index (χ2v) is 4.64. The first-order chi connectivity index (χ1) is 9.78. The molecule has 2 aromatic carbocycles. The number of rotatable bonds is 3. The maximum absolute atomic E-state index is 10.8. The number of aldehydes is 1. The highest BCUT2D eigenvalue weighted by atomic mass is 16.1. The molecule has 20 heavy (non-hydrogen) atoms. The van der Waals surface area contributed by atoms with E-state index in [-0.39, 0.29) is 0 Å². The summed E-state index contributed by atoms with van der Waals surface area (Å²) < 4.78 is 2.05. The van der Waals surface area contributed by atoms with Crippen LogP contribution in [0.1, 0.15) is 21.7 Å². The summed E-state index contributed by atoms with van der Waals surface area (Å²) in [5.41, 5.74) is 3.75. The molecule has 0 bridgehead atoms. The van der Waals surface area contributed by atoms with E-state index in [2.05, 4.69) is 9.55 Å². The maximum Gasteiger partial charge on any atom is 0.150 e. The SMILES string of the molecule is Cn1c(C=Cc2cccc(C=O)c2)nc2ccccc21. The van der Waals surface area contributed by atoms with Crippen molar-refractivity contribution in [2.24, 2.45) is 7.05 Å². The topological polar surface area (TPSA) is 34.9 Å². The first-order valence-electron chi connectivity index (χ1n) is 6.43. The molecule has 3 aromatic rings. The number of hydrogen-bond donors (Lipinski definition) is 0. The lowest BCUT2D eigenvalue weighted by Gasteiger charge is -1.97. The molecule has 98 valence electrons. The van der Waals surface area contributed by atoms with Gasteiger partial charge in [-0.3, -0.25) is 4.79 Å². The molecule has 1 heterocycles. The van der Waals surface area contributed by atoms with Crippen molar-refractivity contribution in [3.8, 4) is 0 Å². The Morgan fingerprint density at radius 3 is 2.60 bits per heavy atom. The van der Waals surface area contributed by atoms with Gasteiger partial charge in [-0.25, -0.2) is 4.98 Å². The van der Waals surface area contributed by atoms with Crippen LogP contribution in [0.2, 0.25) is 0 Å². The molecule has 0 aliphatic carbocycles. The van der Waals surface area contributed by atoms with Gasteiger partial charge in [0.15, 0.2) is 0 Å². The Bertz CT molecular complexity index is 800. The predicted molar refractivity (Wildman–Crippen MR) is 81.5 cm³/mol. The zero-order valence-electron chi connectivity index (χ0n) is 11.2. The molecular weight excluding hydrogens is 248 g/mol. The maximum atomic E-state index is 10.8. The van der Waals surface area contributed by atoms with Gasteiger partial charge in [0.05, 0.1) is 11.0 Å². The summed E-state index contributed by atoms with van der Waals surface area (Å²) in [5, 5.41) is 0. The van der Waals surface area contributed by atoms with Crippen LogP contribution in [-0.2, 0) is 7.05 Å². The van der Waals surface area contributed by atoms with E-state index in [1.54, 1.807) is 6.07 Å². The van der Waals surface area contributed by atoms with E-state index in [1.807, 2.05) is 61.7 Å². The van der Waals surface area contributed by atoms with Crippen molar-refractivity contribution in [2.45, 2.75) is 0 Å². The van der Waals surface area contributed by atoms with Gasteiger partial charge in [0.2, 0.25) is 0 Å². The fraction of sp³-hybridized carbons (Fsp3) is 0.0588. The minimum Gasteiger partial charge on any atom is -0.328 e. The van der Waals surface area contributed by atoms with E-state index >= 15 is 0 Å². The summed E-state index contributed by atoms with van der Waals surface area (Å²) in [7, 11) is 2.00. The number of aryl methyl sites for hydroxylation is 1. The summed E-state index contributed by atoms with van der Waals surface area (Å²) in [6.07, 6.45) is 4.78. The molecule has 0 aliphatic rings. The van der Waals surface area contributed by atoms with Crippen LogP contribution in [0.25, 0.3) is 23.2 Å². The quantitative estimate of drug-likeness (QED) is 0.676. The number of nitrogens with zero attached hydrogens (tertiary/aromatic N) is 2. The zero-order valence-corrected chi connectivity index (χ0v) is 11.2. The van der Waals surface area contributed by atoms with Gasteiger partial charge < -0.3 is 4.57 Å². The monoisotopic (exact) mass is 262 g/mol. The Labute approximate surface area is 117 Å². The van der Waals surface area contributed by atoms with E-state index in [0.29, 0.717) is 5.56 Å². The van der Waals surface area contributed by atoms with Gasteiger partial charge in [0.1, 0.15) is 12.1 Å². The van der Waals surface area contributed by atoms with Crippen LogP contribution in [0.5, 0.6) is 0 Å². The second kappa shape index (κ2) is 5.13. The minimum absolute atomic E-state index is 0.678. The van der Waals surface area contributed by atoms with Gasteiger partial charge in [-0.1, -0.05) is 36.4 Å². The lowest BCUT2D eigenvalue weighted by Crippen LogP contribution is -1.90. The molecule has 0 spiro atoms. The molecule has 0 N–H and O–H groups in total. The largest absolute Gasteiger partial charge is 0.328 e. The smallest absolute Gasteiger partial charge is 0.150 e. The molecule has 0 saturated heterocycles. The summed E-state index contributed by atoms with van der Waals surface area (Å²) >= 11 is 0. The van der Waals surface area contributed by atoms with Crippen LogP contribution in [0.4, 0.5) is 0 Å². The van der Waals surface area contributed by atoms with Crippen LogP contribution in [0.15, 0.2) is 48.5 Å². The van der Waals surface area contributed by atoms with Crippen LogP contribution >= 0.6 is 0 Å². The molecular formula is C17H14N2O. The number of imidazole rings is 1. The van der Waals surface area contributed by atoms with Crippen molar-refractivity contribution in [2.75, 3.05) is 0 Å². The van der Waals surface area contributed by atoms with Crippen molar-refractivity contribution in [1.82, 2.24) is 9.55 Å². The Morgan fingerprint density at radius 2 is 1.80 bits per heavy atom. The van der Waals surface area contributed by atoms with E-state index in [4.69, 9.17) is 0 Å². The highest BCUT2D eigenvalue weighted by Gasteiger charge is 2.03. The fourth-order valence-electron chi connectivity index (χ4n) is 2.22. The Balaban J connectivity index is 1.97. The van der Waals surface area contributed by atoms with Gasteiger partial charge in [-0.2, -0.15) is 0 Å².